The molecule has 2 aromatic carbocycles. The van der Waals surface area contributed by atoms with Crippen molar-refractivity contribution >= 4 is 11.6 Å². The number of nitrogens with zero attached hydrogens (tertiary/aromatic N) is 1. The second-order valence-corrected chi connectivity index (χ2v) is 5.46. The van der Waals surface area contributed by atoms with Gasteiger partial charge in [0.15, 0.2) is 0 Å². The van der Waals surface area contributed by atoms with Gasteiger partial charge in [0.1, 0.15) is 5.82 Å². The van der Waals surface area contributed by atoms with Crippen LogP contribution in [0.15, 0.2) is 48.5 Å². The minimum absolute atomic E-state index is 0.136. The van der Waals surface area contributed by atoms with Crippen molar-refractivity contribution in [2.45, 2.75) is 6.54 Å². The predicted molar refractivity (Wildman–Crippen MR) is 87.0 cm³/mol. The van der Waals surface area contributed by atoms with E-state index in [-0.39, 0.29) is 11.7 Å². The van der Waals surface area contributed by atoms with Crippen molar-refractivity contribution in [3.05, 3.63) is 65.5 Å². The number of morpholine rings is 1. The lowest BCUT2D eigenvalue weighted by atomic mass is 10.1. The zero-order chi connectivity index (χ0) is 16.1. The van der Waals surface area contributed by atoms with E-state index in [1.54, 1.807) is 12.1 Å². The molecule has 0 saturated carbocycles. The molecule has 0 bridgehead atoms. The second kappa shape index (κ2) is 7.24. The van der Waals surface area contributed by atoms with Crippen LogP contribution in [-0.2, 0) is 11.3 Å². The summed E-state index contributed by atoms with van der Waals surface area (Å²) in [5.74, 6) is -0.415. The summed E-state index contributed by atoms with van der Waals surface area (Å²) in [7, 11) is 0. The molecule has 2 aromatic rings. The maximum atomic E-state index is 12.8. The first kappa shape index (κ1) is 15.5. The van der Waals surface area contributed by atoms with Crippen LogP contribution in [0.25, 0.3) is 0 Å². The molecule has 0 atom stereocenters. The van der Waals surface area contributed by atoms with Gasteiger partial charge in [-0.2, -0.15) is 0 Å². The second-order valence-electron chi connectivity index (χ2n) is 5.46. The molecule has 1 aliphatic rings. The lowest BCUT2D eigenvalue weighted by molar-refractivity contribution is 0.0951. The minimum Gasteiger partial charge on any atom is -0.378 e. The van der Waals surface area contributed by atoms with Gasteiger partial charge in [-0.05, 0) is 42.0 Å². The van der Waals surface area contributed by atoms with Crippen molar-refractivity contribution in [2.75, 3.05) is 31.2 Å². The van der Waals surface area contributed by atoms with Crippen molar-refractivity contribution in [3.8, 4) is 0 Å². The molecule has 0 aromatic heterocycles. The zero-order valence-corrected chi connectivity index (χ0v) is 12.8. The van der Waals surface area contributed by atoms with E-state index < -0.39 is 0 Å². The van der Waals surface area contributed by atoms with Gasteiger partial charge in [0.2, 0.25) is 0 Å². The molecule has 0 spiro atoms. The fraction of sp³-hybridized carbons (Fsp3) is 0.278. The third-order valence-electron chi connectivity index (χ3n) is 3.87. The van der Waals surface area contributed by atoms with Crippen LogP contribution in [0.2, 0.25) is 0 Å². The van der Waals surface area contributed by atoms with Crippen molar-refractivity contribution in [3.63, 3.8) is 0 Å². The van der Waals surface area contributed by atoms with E-state index in [1.165, 1.54) is 12.1 Å². The van der Waals surface area contributed by atoms with E-state index in [2.05, 4.69) is 10.2 Å². The predicted octanol–water partition coefficient (Wildman–Crippen LogP) is 2.59. The topological polar surface area (TPSA) is 41.6 Å². The Morgan fingerprint density at radius 3 is 2.35 bits per heavy atom. The molecule has 1 amide bonds. The standard InChI is InChI=1S/C18H19FN2O2/c19-16-5-1-14(2-6-16)13-20-18(22)15-3-7-17(8-4-15)21-9-11-23-12-10-21/h1-8H,9-13H2,(H,20,22). The molecule has 120 valence electrons. The molecule has 4 nitrogen and oxygen atoms in total. The van der Waals surface area contributed by atoms with Crippen LogP contribution in [0.5, 0.6) is 0 Å². The summed E-state index contributed by atoms with van der Waals surface area (Å²) in [4.78, 5) is 14.4. The largest absolute Gasteiger partial charge is 0.378 e. The number of amides is 1. The highest BCUT2D eigenvalue weighted by molar-refractivity contribution is 5.94. The minimum atomic E-state index is -0.279. The summed E-state index contributed by atoms with van der Waals surface area (Å²) in [6.07, 6.45) is 0. The molecule has 1 saturated heterocycles. The molecule has 0 radical (unpaired) electrons. The Morgan fingerprint density at radius 2 is 1.70 bits per heavy atom. The number of rotatable bonds is 4. The van der Waals surface area contributed by atoms with Gasteiger partial charge in [0.25, 0.3) is 5.91 Å². The monoisotopic (exact) mass is 314 g/mol. The van der Waals surface area contributed by atoms with Crippen LogP contribution < -0.4 is 10.2 Å². The quantitative estimate of drug-likeness (QED) is 0.943. The highest BCUT2D eigenvalue weighted by atomic mass is 19.1. The molecule has 3 rings (SSSR count). The van der Waals surface area contributed by atoms with Crippen LogP contribution in [0.1, 0.15) is 15.9 Å². The molecular weight excluding hydrogens is 295 g/mol. The Bertz CT molecular complexity index is 650. The van der Waals surface area contributed by atoms with Gasteiger partial charge in [0.05, 0.1) is 13.2 Å². The number of anilines is 1. The van der Waals surface area contributed by atoms with Gasteiger partial charge in [0, 0.05) is 30.9 Å². The summed E-state index contributed by atoms with van der Waals surface area (Å²) < 4.78 is 18.2. The maximum absolute atomic E-state index is 12.8. The van der Waals surface area contributed by atoms with Crippen molar-refractivity contribution in [1.29, 1.82) is 0 Å². The van der Waals surface area contributed by atoms with E-state index in [0.29, 0.717) is 12.1 Å². The Kier molecular flexibility index (Phi) is 4.88. The van der Waals surface area contributed by atoms with Gasteiger partial charge < -0.3 is 15.0 Å². The Hall–Kier alpha value is -2.40. The Balaban J connectivity index is 1.57. The molecule has 1 fully saturated rings. The van der Waals surface area contributed by atoms with Crippen LogP contribution in [0.4, 0.5) is 10.1 Å². The summed E-state index contributed by atoms with van der Waals surface area (Å²) >= 11 is 0. The van der Waals surface area contributed by atoms with E-state index in [0.717, 1.165) is 37.6 Å². The molecule has 1 aliphatic heterocycles. The molecular formula is C18H19FN2O2. The number of halogens is 1. The van der Waals surface area contributed by atoms with Crippen molar-refractivity contribution in [1.82, 2.24) is 5.32 Å². The number of hydrogen-bond acceptors (Lipinski definition) is 3. The highest BCUT2D eigenvalue weighted by Gasteiger charge is 2.12. The molecule has 1 heterocycles. The number of hydrogen-bond donors (Lipinski definition) is 1. The highest BCUT2D eigenvalue weighted by Crippen LogP contribution is 2.16. The molecule has 0 unspecified atom stereocenters. The summed E-state index contributed by atoms with van der Waals surface area (Å²) in [6, 6.07) is 13.7. The summed E-state index contributed by atoms with van der Waals surface area (Å²) in [5, 5.41) is 2.84. The average molecular weight is 314 g/mol. The van der Waals surface area contributed by atoms with Crippen LogP contribution in [0, 0.1) is 5.82 Å². The number of benzene rings is 2. The first-order chi connectivity index (χ1) is 11.2. The number of carbonyl (C=O) groups is 1. The third-order valence-corrected chi connectivity index (χ3v) is 3.87. The average Bonchev–Trinajstić information content (AvgIpc) is 2.62. The molecule has 23 heavy (non-hydrogen) atoms. The van der Waals surface area contributed by atoms with Crippen LogP contribution in [0.3, 0.4) is 0 Å². The number of carbonyl (C=O) groups excluding carboxylic acids is 1. The Morgan fingerprint density at radius 1 is 1.04 bits per heavy atom. The Labute approximate surface area is 134 Å². The number of ether oxygens (including phenoxy) is 1. The van der Waals surface area contributed by atoms with Crippen molar-refractivity contribution < 1.29 is 13.9 Å². The van der Waals surface area contributed by atoms with E-state index >= 15 is 0 Å². The normalized spacial score (nSPS) is 14.6. The zero-order valence-electron chi connectivity index (χ0n) is 12.8. The smallest absolute Gasteiger partial charge is 0.251 e. The first-order valence-electron chi connectivity index (χ1n) is 7.68. The lowest BCUT2D eigenvalue weighted by Gasteiger charge is -2.28. The fourth-order valence-corrected chi connectivity index (χ4v) is 2.53. The van der Waals surface area contributed by atoms with Crippen LogP contribution >= 0.6 is 0 Å². The lowest BCUT2D eigenvalue weighted by Crippen LogP contribution is -2.36. The van der Waals surface area contributed by atoms with E-state index in [1.807, 2.05) is 24.3 Å². The number of nitrogens with one attached hydrogen (secondary N) is 1. The van der Waals surface area contributed by atoms with Gasteiger partial charge in [-0.15, -0.1) is 0 Å². The third kappa shape index (κ3) is 4.07. The van der Waals surface area contributed by atoms with Gasteiger partial charge in [-0.25, -0.2) is 4.39 Å². The van der Waals surface area contributed by atoms with E-state index in [9.17, 15) is 9.18 Å². The van der Waals surface area contributed by atoms with Gasteiger partial charge in [-0.3, -0.25) is 4.79 Å². The van der Waals surface area contributed by atoms with Crippen LogP contribution in [-0.4, -0.2) is 32.2 Å². The molecule has 0 aliphatic carbocycles. The first-order valence-corrected chi connectivity index (χ1v) is 7.68. The van der Waals surface area contributed by atoms with E-state index in [4.69, 9.17) is 4.74 Å². The van der Waals surface area contributed by atoms with Gasteiger partial charge in [-0.1, -0.05) is 12.1 Å². The van der Waals surface area contributed by atoms with Crippen molar-refractivity contribution in [2.24, 2.45) is 0 Å². The maximum Gasteiger partial charge on any atom is 0.251 e. The molecule has 5 heteroatoms. The SMILES string of the molecule is O=C(NCc1ccc(F)cc1)c1ccc(N2CCOCC2)cc1. The fourth-order valence-electron chi connectivity index (χ4n) is 2.53. The molecule has 1 N–H and O–H groups in total. The summed E-state index contributed by atoms with van der Waals surface area (Å²) in [5.41, 5.74) is 2.58. The summed E-state index contributed by atoms with van der Waals surface area (Å²) in [6.45, 7) is 3.59. The van der Waals surface area contributed by atoms with Gasteiger partial charge >= 0.3 is 0 Å².